The van der Waals surface area contributed by atoms with Crippen molar-refractivity contribution in [1.82, 2.24) is 19.0 Å². The number of rotatable bonds is 2. The summed E-state index contributed by atoms with van der Waals surface area (Å²) in [7, 11) is 1.94. The Balaban J connectivity index is 1.56. The Morgan fingerprint density at radius 2 is 1.84 bits per heavy atom. The summed E-state index contributed by atoms with van der Waals surface area (Å²) < 4.78 is 8.92. The number of benzene rings is 1. The average Bonchev–Trinajstić information content (AvgIpc) is 3.03. The maximum absolute atomic E-state index is 12.3. The second kappa shape index (κ2) is 7.76. The molecule has 0 spiro atoms. The molecule has 1 N–H and O–H groups in total. The fraction of sp³-hybridized carbons (Fsp3) is 0.435. The molecular weight excluding hydrogens is 396 g/mol. The molecule has 3 heterocycles. The van der Waals surface area contributed by atoms with E-state index in [1.54, 1.807) is 4.90 Å². The lowest BCUT2D eigenvalue weighted by atomic mass is 9.89. The van der Waals surface area contributed by atoms with E-state index in [0.717, 1.165) is 29.4 Å². The second-order valence-corrected chi connectivity index (χ2v) is 9.12. The van der Waals surface area contributed by atoms with Gasteiger partial charge >= 0.3 is 11.8 Å². The fourth-order valence-electron chi connectivity index (χ4n) is 4.15. The van der Waals surface area contributed by atoms with Gasteiger partial charge in [0.1, 0.15) is 5.60 Å². The molecule has 1 fully saturated rings. The van der Waals surface area contributed by atoms with Crippen LogP contribution >= 0.6 is 0 Å². The summed E-state index contributed by atoms with van der Waals surface area (Å²) in [5, 5.41) is 0.937. The van der Waals surface area contributed by atoms with Gasteiger partial charge in [-0.15, -0.1) is 0 Å². The van der Waals surface area contributed by atoms with Gasteiger partial charge < -0.3 is 14.2 Å². The molecule has 1 aliphatic rings. The molecule has 3 aromatic rings. The summed E-state index contributed by atoms with van der Waals surface area (Å²) in [4.78, 5) is 40.0. The quantitative estimate of drug-likeness (QED) is 0.684. The molecule has 4 rings (SSSR count). The minimum absolute atomic E-state index is 0.250. The maximum atomic E-state index is 12.3. The number of nitrogens with one attached hydrogen (secondary N) is 1. The molecule has 8 heteroatoms. The minimum atomic E-state index is -0.489. The zero-order chi connectivity index (χ0) is 22.3. The number of ether oxygens (including phenoxy) is 1. The second-order valence-electron chi connectivity index (χ2n) is 9.12. The molecule has 0 aliphatic carbocycles. The molecule has 1 saturated heterocycles. The predicted molar refractivity (Wildman–Crippen MR) is 119 cm³/mol. The smallest absolute Gasteiger partial charge is 0.410 e. The first kappa shape index (κ1) is 21.0. The molecule has 164 valence electrons. The molecule has 2 aromatic heterocycles. The summed E-state index contributed by atoms with van der Waals surface area (Å²) >= 11 is 0. The number of fused-ring (bicyclic) bond motifs is 1. The van der Waals surface area contributed by atoms with E-state index in [4.69, 9.17) is 4.74 Å². The number of H-pyrrole nitrogens is 1. The van der Waals surface area contributed by atoms with Crippen LogP contribution in [0.3, 0.4) is 0 Å². The number of aromatic nitrogens is 3. The fourth-order valence-corrected chi connectivity index (χ4v) is 4.15. The van der Waals surface area contributed by atoms with Crippen LogP contribution in [0.4, 0.5) is 4.79 Å². The molecular formula is C23H28N4O4. The van der Waals surface area contributed by atoms with Crippen LogP contribution in [0, 0.1) is 0 Å². The van der Waals surface area contributed by atoms with Gasteiger partial charge in [0, 0.05) is 44.0 Å². The molecule has 0 saturated carbocycles. The molecule has 0 atom stereocenters. The zero-order valence-electron chi connectivity index (χ0n) is 18.3. The first-order valence-corrected chi connectivity index (χ1v) is 10.5. The monoisotopic (exact) mass is 424 g/mol. The van der Waals surface area contributed by atoms with Crippen molar-refractivity contribution in [2.45, 2.75) is 45.1 Å². The number of carbonyl (C=O) groups excluding carboxylic acids is 1. The molecule has 0 radical (unpaired) electrons. The largest absolute Gasteiger partial charge is 0.444 e. The highest BCUT2D eigenvalue weighted by Crippen LogP contribution is 2.32. The van der Waals surface area contributed by atoms with E-state index in [-0.39, 0.29) is 6.09 Å². The van der Waals surface area contributed by atoms with Crippen LogP contribution < -0.4 is 11.2 Å². The number of hydrogen-bond donors (Lipinski definition) is 1. The molecule has 1 aromatic carbocycles. The number of piperidine rings is 1. The first-order chi connectivity index (χ1) is 14.6. The van der Waals surface area contributed by atoms with E-state index in [1.165, 1.54) is 22.4 Å². The van der Waals surface area contributed by atoms with Crippen LogP contribution in [-0.4, -0.2) is 43.8 Å². The maximum Gasteiger partial charge on any atom is 0.410 e. The van der Waals surface area contributed by atoms with Gasteiger partial charge in [0.2, 0.25) is 0 Å². The van der Waals surface area contributed by atoms with Crippen LogP contribution in [0.1, 0.15) is 45.1 Å². The van der Waals surface area contributed by atoms with Crippen molar-refractivity contribution in [3.8, 4) is 5.69 Å². The highest BCUT2D eigenvalue weighted by molar-refractivity contribution is 5.89. The van der Waals surface area contributed by atoms with E-state index >= 15 is 0 Å². The van der Waals surface area contributed by atoms with Gasteiger partial charge in [0.15, 0.2) is 0 Å². The third kappa shape index (κ3) is 4.28. The number of aryl methyl sites for hydroxylation is 1. The third-order valence-corrected chi connectivity index (χ3v) is 5.70. The van der Waals surface area contributed by atoms with Gasteiger partial charge in [-0.05, 0) is 51.2 Å². The summed E-state index contributed by atoms with van der Waals surface area (Å²) in [6.07, 6.45) is 4.89. The van der Waals surface area contributed by atoms with Crippen molar-refractivity contribution >= 4 is 17.0 Å². The van der Waals surface area contributed by atoms with E-state index in [1.807, 2.05) is 44.6 Å². The highest BCUT2D eigenvalue weighted by Gasteiger charge is 2.27. The Morgan fingerprint density at radius 3 is 2.48 bits per heavy atom. The number of carbonyl (C=O) groups is 1. The Labute approximate surface area is 180 Å². The Hall–Kier alpha value is -3.29. The van der Waals surface area contributed by atoms with Crippen LogP contribution in [0.15, 0.2) is 46.2 Å². The standard InChI is InChI=1S/C23H28N4O4/c1-23(2,3)31-22(30)26-10-7-15(8-11-26)16-5-6-17-18(13-16)25(4)14-19(17)27-12-9-20(28)24-21(27)29/h5-6,9,12-15H,7-8,10-11H2,1-4H3,(H,24,28,29). The van der Waals surface area contributed by atoms with Crippen LogP contribution in [0.5, 0.6) is 0 Å². The number of likely N-dealkylation sites (tertiary alicyclic amines) is 1. The Kier molecular flexibility index (Phi) is 5.24. The van der Waals surface area contributed by atoms with E-state index in [0.29, 0.717) is 19.0 Å². The summed E-state index contributed by atoms with van der Waals surface area (Å²) in [6.45, 7) is 6.97. The summed E-state index contributed by atoms with van der Waals surface area (Å²) in [5.74, 6) is 0.359. The van der Waals surface area contributed by atoms with Gasteiger partial charge in [0.05, 0.1) is 11.2 Å². The molecule has 1 amide bonds. The van der Waals surface area contributed by atoms with E-state index in [9.17, 15) is 14.4 Å². The third-order valence-electron chi connectivity index (χ3n) is 5.70. The lowest BCUT2D eigenvalue weighted by molar-refractivity contribution is 0.0205. The minimum Gasteiger partial charge on any atom is -0.444 e. The van der Waals surface area contributed by atoms with Crippen molar-refractivity contribution in [2.75, 3.05) is 13.1 Å². The van der Waals surface area contributed by atoms with Gasteiger partial charge in [-0.25, -0.2) is 9.59 Å². The van der Waals surface area contributed by atoms with Crippen molar-refractivity contribution in [3.63, 3.8) is 0 Å². The SMILES string of the molecule is Cn1cc(-n2ccc(=O)[nH]c2=O)c2ccc(C3CCN(C(=O)OC(C)(C)C)CC3)cc21. The van der Waals surface area contributed by atoms with Gasteiger partial charge in [0.25, 0.3) is 5.56 Å². The first-order valence-electron chi connectivity index (χ1n) is 10.5. The predicted octanol–water partition coefficient (Wildman–Crippen LogP) is 3.13. The molecule has 8 nitrogen and oxygen atoms in total. The topological polar surface area (TPSA) is 89.3 Å². The van der Waals surface area contributed by atoms with E-state index < -0.39 is 16.9 Å². The van der Waals surface area contributed by atoms with Gasteiger partial charge in [-0.1, -0.05) is 12.1 Å². The number of aromatic amines is 1. The van der Waals surface area contributed by atoms with Crippen LogP contribution in [0.25, 0.3) is 16.6 Å². The van der Waals surface area contributed by atoms with Crippen molar-refractivity contribution in [1.29, 1.82) is 0 Å². The van der Waals surface area contributed by atoms with Crippen molar-refractivity contribution in [2.24, 2.45) is 7.05 Å². The lowest BCUT2D eigenvalue weighted by Crippen LogP contribution is -2.41. The van der Waals surface area contributed by atoms with Crippen LogP contribution in [0.2, 0.25) is 0 Å². The van der Waals surface area contributed by atoms with E-state index in [2.05, 4.69) is 17.1 Å². The molecule has 0 bridgehead atoms. The number of nitrogens with zero attached hydrogens (tertiary/aromatic N) is 3. The van der Waals surface area contributed by atoms with Crippen LogP contribution in [-0.2, 0) is 11.8 Å². The van der Waals surface area contributed by atoms with Gasteiger partial charge in [-0.3, -0.25) is 14.3 Å². The van der Waals surface area contributed by atoms with Crippen molar-refractivity contribution in [3.05, 3.63) is 63.1 Å². The molecule has 31 heavy (non-hydrogen) atoms. The zero-order valence-corrected chi connectivity index (χ0v) is 18.3. The normalized spacial score (nSPS) is 15.4. The van der Waals surface area contributed by atoms with Gasteiger partial charge in [-0.2, -0.15) is 0 Å². The number of amides is 1. The summed E-state index contributed by atoms with van der Waals surface area (Å²) in [6, 6.07) is 7.62. The lowest BCUT2D eigenvalue weighted by Gasteiger charge is -2.33. The Morgan fingerprint density at radius 1 is 1.13 bits per heavy atom. The number of hydrogen-bond acceptors (Lipinski definition) is 4. The highest BCUT2D eigenvalue weighted by atomic mass is 16.6. The average molecular weight is 425 g/mol. The molecule has 1 aliphatic heterocycles. The van der Waals surface area contributed by atoms with Crippen molar-refractivity contribution < 1.29 is 9.53 Å². The molecule has 0 unspecified atom stereocenters. The summed E-state index contributed by atoms with van der Waals surface area (Å²) in [5.41, 5.74) is 1.60. The Bertz CT molecular complexity index is 1240.